The van der Waals surface area contributed by atoms with Gasteiger partial charge in [0.2, 0.25) is 5.91 Å². The summed E-state index contributed by atoms with van der Waals surface area (Å²) < 4.78 is 10.4. The Morgan fingerprint density at radius 1 is 1.04 bits per heavy atom. The van der Waals surface area contributed by atoms with Crippen molar-refractivity contribution in [1.82, 2.24) is 5.32 Å². The zero-order valence-corrected chi connectivity index (χ0v) is 16.1. The number of hydrogen-bond acceptors (Lipinski definition) is 4. The van der Waals surface area contributed by atoms with Crippen LogP contribution in [0.2, 0.25) is 0 Å². The second-order valence-electron chi connectivity index (χ2n) is 6.95. The molecule has 2 aromatic carbocycles. The van der Waals surface area contributed by atoms with E-state index >= 15 is 0 Å². The lowest BCUT2D eigenvalue weighted by Gasteiger charge is -2.19. The third-order valence-corrected chi connectivity index (χ3v) is 5.11. The topological polar surface area (TPSA) is 50.8 Å². The Hall–Kier alpha value is -2.69. The van der Waals surface area contributed by atoms with Gasteiger partial charge in [0.1, 0.15) is 11.5 Å². The lowest BCUT2D eigenvalue weighted by Crippen LogP contribution is -2.31. The first-order valence-electron chi connectivity index (χ1n) is 9.46. The van der Waals surface area contributed by atoms with Gasteiger partial charge in [0, 0.05) is 31.7 Å². The number of carbonyl (C=O) groups is 1. The van der Waals surface area contributed by atoms with E-state index < -0.39 is 0 Å². The van der Waals surface area contributed by atoms with Gasteiger partial charge in [0.25, 0.3) is 0 Å². The van der Waals surface area contributed by atoms with Crippen LogP contribution in [0.15, 0.2) is 48.5 Å². The van der Waals surface area contributed by atoms with Crippen LogP contribution in [0.5, 0.6) is 11.5 Å². The first-order valence-corrected chi connectivity index (χ1v) is 9.46. The Bertz CT molecular complexity index is 728. The lowest BCUT2D eigenvalue weighted by molar-refractivity contribution is -0.121. The van der Waals surface area contributed by atoms with Gasteiger partial charge >= 0.3 is 0 Å². The molecule has 1 amide bonds. The van der Waals surface area contributed by atoms with E-state index in [-0.39, 0.29) is 5.91 Å². The van der Waals surface area contributed by atoms with Crippen molar-refractivity contribution < 1.29 is 14.3 Å². The van der Waals surface area contributed by atoms with Crippen LogP contribution < -0.4 is 19.7 Å². The molecule has 0 bridgehead atoms. The first kappa shape index (κ1) is 19.1. The average Bonchev–Trinajstić information content (AvgIpc) is 3.20. The number of anilines is 1. The number of aryl methyl sites for hydroxylation is 1. The molecule has 5 nitrogen and oxygen atoms in total. The second-order valence-corrected chi connectivity index (χ2v) is 6.95. The quantitative estimate of drug-likeness (QED) is 0.777. The summed E-state index contributed by atoms with van der Waals surface area (Å²) in [5.41, 5.74) is 2.36. The number of carbonyl (C=O) groups excluding carboxylic acids is 1. The molecule has 0 aliphatic carbocycles. The second kappa shape index (κ2) is 9.31. The van der Waals surface area contributed by atoms with Crippen molar-refractivity contribution in [2.75, 3.05) is 38.8 Å². The fourth-order valence-corrected chi connectivity index (χ4v) is 3.42. The summed E-state index contributed by atoms with van der Waals surface area (Å²) in [5.74, 6) is 2.33. The summed E-state index contributed by atoms with van der Waals surface area (Å²) in [7, 11) is 3.33. The van der Waals surface area contributed by atoms with E-state index in [2.05, 4.69) is 22.3 Å². The summed E-state index contributed by atoms with van der Waals surface area (Å²) >= 11 is 0. The molecule has 1 fully saturated rings. The average molecular weight is 368 g/mol. The van der Waals surface area contributed by atoms with Crippen LogP contribution in [0.25, 0.3) is 0 Å². The molecule has 1 unspecified atom stereocenters. The van der Waals surface area contributed by atoms with E-state index in [9.17, 15) is 4.79 Å². The van der Waals surface area contributed by atoms with E-state index in [1.54, 1.807) is 14.2 Å². The summed E-state index contributed by atoms with van der Waals surface area (Å²) in [6.07, 6.45) is 2.37. The monoisotopic (exact) mass is 368 g/mol. The number of hydrogen-bond donors (Lipinski definition) is 1. The van der Waals surface area contributed by atoms with Crippen molar-refractivity contribution in [3.8, 4) is 11.5 Å². The molecule has 0 radical (unpaired) electrons. The highest BCUT2D eigenvalue weighted by Gasteiger charge is 2.23. The van der Waals surface area contributed by atoms with Crippen LogP contribution in [0.1, 0.15) is 18.4 Å². The van der Waals surface area contributed by atoms with Crippen molar-refractivity contribution in [2.45, 2.75) is 19.3 Å². The van der Waals surface area contributed by atoms with Crippen molar-refractivity contribution in [2.24, 2.45) is 5.92 Å². The smallest absolute Gasteiger partial charge is 0.220 e. The van der Waals surface area contributed by atoms with Crippen LogP contribution in [0.4, 0.5) is 5.69 Å². The highest BCUT2D eigenvalue weighted by atomic mass is 16.5. The van der Waals surface area contributed by atoms with Crippen LogP contribution in [-0.2, 0) is 11.2 Å². The molecule has 3 rings (SSSR count). The number of benzene rings is 2. The lowest BCUT2D eigenvalue weighted by atomic mass is 10.1. The summed E-state index contributed by atoms with van der Waals surface area (Å²) in [6.45, 7) is 2.75. The molecular weight excluding hydrogens is 340 g/mol. The maximum atomic E-state index is 12.2. The molecule has 0 spiro atoms. The highest BCUT2D eigenvalue weighted by Crippen LogP contribution is 2.25. The largest absolute Gasteiger partial charge is 0.497 e. The Balaban J connectivity index is 1.38. The normalized spacial score (nSPS) is 16.2. The molecule has 144 valence electrons. The zero-order valence-electron chi connectivity index (χ0n) is 16.1. The Labute approximate surface area is 161 Å². The van der Waals surface area contributed by atoms with Gasteiger partial charge in [-0.2, -0.15) is 0 Å². The Morgan fingerprint density at radius 3 is 2.30 bits per heavy atom. The predicted octanol–water partition coefficient (Wildman–Crippen LogP) is 3.28. The van der Waals surface area contributed by atoms with Gasteiger partial charge in [-0.3, -0.25) is 4.79 Å². The minimum atomic E-state index is 0.119. The number of ether oxygens (including phenoxy) is 2. The maximum Gasteiger partial charge on any atom is 0.220 e. The summed E-state index contributed by atoms with van der Waals surface area (Å²) in [5, 5.41) is 3.10. The van der Waals surface area contributed by atoms with Crippen molar-refractivity contribution in [1.29, 1.82) is 0 Å². The SMILES string of the molecule is COc1ccc(CCC(=O)NCC2CCN(c3ccc(OC)cc3)C2)cc1. The standard InChI is InChI=1S/C22H28N2O3/c1-26-20-8-3-17(4-9-20)5-12-22(25)23-15-18-13-14-24(16-18)19-6-10-21(27-2)11-7-19/h3-4,6-11,18H,5,12-16H2,1-2H3,(H,23,25). The van der Waals surface area contributed by atoms with Gasteiger partial charge in [-0.1, -0.05) is 12.1 Å². The molecule has 1 N–H and O–H groups in total. The predicted molar refractivity (Wildman–Crippen MR) is 108 cm³/mol. The zero-order chi connectivity index (χ0) is 19.1. The van der Waals surface area contributed by atoms with E-state index in [1.165, 1.54) is 5.69 Å². The number of methoxy groups -OCH3 is 2. The van der Waals surface area contributed by atoms with Gasteiger partial charge in [-0.25, -0.2) is 0 Å². The van der Waals surface area contributed by atoms with Crippen LogP contribution in [-0.4, -0.2) is 39.8 Å². The van der Waals surface area contributed by atoms with E-state index in [1.807, 2.05) is 36.4 Å². The van der Waals surface area contributed by atoms with Gasteiger partial charge < -0.3 is 19.7 Å². The van der Waals surface area contributed by atoms with Crippen LogP contribution >= 0.6 is 0 Å². The number of nitrogens with one attached hydrogen (secondary N) is 1. The van der Waals surface area contributed by atoms with E-state index in [0.29, 0.717) is 12.3 Å². The molecule has 1 heterocycles. The summed E-state index contributed by atoms with van der Waals surface area (Å²) in [6, 6.07) is 16.0. The molecule has 1 aliphatic rings. The number of amides is 1. The minimum Gasteiger partial charge on any atom is -0.497 e. The minimum absolute atomic E-state index is 0.119. The third kappa shape index (κ3) is 5.39. The van der Waals surface area contributed by atoms with Crippen molar-refractivity contribution in [3.05, 3.63) is 54.1 Å². The van der Waals surface area contributed by atoms with Gasteiger partial charge in [-0.15, -0.1) is 0 Å². The van der Waals surface area contributed by atoms with Crippen LogP contribution in [0.3, 0.4) is 0 Å². The van der Waals surface area contributed by atoms with Crippen LogP contribution in [0, 0.1) is 5.92 Å². The van der Waals surface area contributed by atoms with Crippen molar-refractivity contribution >= 4 is 11.6 Å². The fraction of sp³-hybridized carbons (Fsp3) is 0.409. The molecule has 5 heteroatoms. The first-order chi connectivity index (χ1) is 13.2. The Kier molecular flexibility index (Phi) is 6.58. The number of nitrogens with zero attached hydrogens (tertiary/aromatic N) is 1. The molecule has 27 heavy (non-hydrogen) atoms. The number of rotatable bonds is 8. The molecule has 0 aromatic heterocycles. The van der Waals surface area contributed by atoms with Crippen molar-refractivity contribution in [3.63, 3.8) is 0 Å². The molecular formula is C22H28N2O3. The van der Waals surface area contributed by atoms with E-state index in [0.717, 1.165) is 49.5 Å². The van der Waals surface area contributed by atoms with E-state index in [4.69, 9.17) is 9.47 Å². The fourth-order valence-electron chi connectivity index (χ4n) is 3.42. The molecule has 1 atom stereocenters. The van der Waals surface area contributed by atoms with Gasteiger partial charge in [0.15, 0.2) is 0 Å². The van der Waals surface area contributed by atoms with Gasteiger partial charge in [-0.05, 0) is 60.7 Å². The maximum absolute atomic E-state index is 12.2. The molecule has 0 saturated carbocycles. The molecule has 1 saturated heterocycles. The molecule has 1 aliphatic heterocycles. The third-order valence-electron chi connectivity index (χ3n) is 5.11. The summed E-state index contributed by atoms with van der Waals surface area (Å²) in [4.78, 5) is 14.5. The highest BCUT2D eigenvalue weighted by molar-refractivity contribution is 5.76. The molecule has 2 aromatic rings. The van der Waals surface area contributed by atoms with Gasteiger partial charge in [0.05, 0.1) is 14.2 Å². The Morgan fingerprint density at radius 2 is 1.67 bits per heavy atom.